The number of carbonyl (C=O) groups is 3. The van der Waals surface area contributed by atoms with E-state index >= 15 is 0 Å². The van der Waals surface area contributed by atoms with Crippen molar-refractivity contribution in [3.8, 4) is 0 Å². The van der Waals surface area contributed by atoms with Crippen LogP contribution in [0.5, 0.6) is 0 Å². The minimum Gasteiger partial charge on any atom is -0.480 e. The Morgan fingerprint density at radius 3 is 2.70 bits per heavy atom. The van der Waals surface area contributed by atoms with Gasteiger partial charge in [0.1, 0.15) is 10.9 Å². The van der Waals surface area contributed by atoms with Crippen LogP contribution in [0, 0.1) is 0 Å². The fraction of sp³-hybridized carbons (Fsp3) is 0.417. The summed E-state index contributed by atoms with van der Waals surface area (Å²) in [4.78, 5) is 34.6. The summed E-state index contributed by atoms with van der Waals surface area (Å²) < 4.78 is 5.32. The van der Waals surface area contributed by atoms with E-state index in [-0.39, 0.29) is 19.4 Å². The highest BCUT2D eigenvalue weighted by molar-refractivity contribution is 9.10. The molecule has 1 atom stereocenters. The maximum atomic E-state index is 11.9. The Balaban J connectivity index is 2.59. The Hall–Kier alpha value is -1.41. The number of esters is 1. The summed E-state index contributed by atoms with van der Waals surface area (Å²) in [5.41, 5.74) is 0. The van der Waals surface area contributed by atoms with Crippen molar-refractivity contribution in [2.24, 2.45) is 0 Å². The molecule has 0 aliphatic heterocycles. The van der Waals surface area contributed by atoms with Gasteiger partial charge in [-0.2, -0.15) is 0 Å². The van der Waals surface area contributed by atoms with Crippen molar-refractivity contribution in [2.75, 3.05) is 6.61 Å². The van der Waals surface area contributed by atoms with E-state index in [1.165, 1.54) is 11.3 Å². The summed E-state index contributed by atoms with van der Waals surface area (Å²) in [5, 5.41) is 13.2. The zero-order valence-electron chi connectivity index (χ0n) is 10.7. The van der Waals surface area contributed by atoms with E-state index in [1.807, 2.05) is 0 Å². The van der Waals surface area contributed by atoms with Gasteiger partial charge in [0.05, 0.1) is 6.61 Å². The molecule has 20 heavy (non-hydrogen) atoms. The van der Waals surface area contributed by atoms with Gasteiger partial charge in [0.2, 0.25) is 0 Å². The van der Waals surface area contributed by atoms with Crippen LogP contribution in [0.4, 0.5) is 0 Å². The van der Waals surface area contributed by atoms with Crippen molar-refractivity contribution in [3.63, 3.8) is 0 Å². The summed E-state index contributed by atoms with van der Waals surface area (Å²) >= 11 is 4.41. The minimum absolute atomic E-state index is 0.0110. The van der Waals surface area contributed by atoms with Crippen LogP contribution < -0.4 is 5.32 Å². The summed E-state index contributed by atoms with van der Waals surface area (Å²) in [6.45, 7) is 1.91. The van der Waals surface area contributed by atoms with Gasteiger partial charge in [-0.3, -0.25) is 9.59 Å². The third-order valence-electron chi connectivity index (χ3n) is 2.37. The standard InChI is InChI=1S/C12H14BrNO5S/c1-2-19-9(15)4-3-8(12(17)18)14-11(16)10-7(13)5-6-20-10/h5-6,8H,2-4H2,1H3,(H,14,16)(H,17,18)/t8-/m0/s1. The number of ether oxygens (including phenoxy) is 1. The molecule has 0 saturated carbocycles. The second kappa shape index (κ2) is 8.01. The molecule has 0 bridgehead atoms. The lowest BCUT2D eigenvalue weighted by Gasteiger charge is -2.13. The average molecular weight is 364 g/mol. The number of rotatable bonds is 7. The zero-order chi connectivity index (χ0) is 15.1. The number of carboxylic acids is 1. The lowest BCUT2D eigenvalue weighted by atomic mass is 10.1. The molecule has 1 rings (SSSR count). The van der Waals surface area contributed by atoms with Gasteiger partial charge >= 0.3 is 11.9 Å². The van der Waals surface area contributed by atoms with Crippen LogP contribution in [0.2, 0.25) is 0 Å². The Bertz CT molecular complexity index is 502. The van der Waals surface area contributed by atoms with Crippen LogP contribution in [-0.2, 0) is 14.3 Å². The molecule has 0 unspecified atom stereocenters. The van der Waals surface area contributed by atoms with Crippen LogP contribution in [0.15, 0.2) is 15.9 Å². The van der Waals surface area contributed by atoms with Gasteiger partial charge in [-0.05, 0) is 40.7 Å². The lowest BCUT2D eigenvalue weighted by Crippen LogP contribution is -2.41. The van der Waals surface area contributed by atoms with Crippen LogP contribution in [0.1, 0.15) is 29.4 Å². The molecular formula is C12H14BrNO5S. The van der Waals surface area contributed by atoms with Crippen molar-refractivity contribution >= 4 is 45.1 Å². The van der Waals surface area contributed by atoms with Gasteiger partial charge in [0.25, 0.3) is 5.91 Å². The first kappa shape index (κ1) is 16.6. The summed E-state index contributed by atoms with van der Waals surface area (Å²) in [6, 6.07) is 0.578. The molecule has 0 saturated heterocycles. The van der Waals surface area contributed by atoms with Crippen molar-refractivity contribution < 1.29 is 24.2 Å². The molecule has 110 valence electrons. The van der Waals surface area contributed by atoms with Crippen molar-refractivity contribution in [1.29, 1.82) is 0 Å². The van der Waals surface area contributed by atoms with Gasteiger partial charge in [-0.15, -0.1) is 11.3 Å². The van der Waals surface area contributed by atoms with Gasteiger partial charge < -0.3 is 15.2 Å². The van der Waals surface area contributed by atoms with Crippen LogP contribution >= 0.6 is 27.3 Å². The summed E-state index contributed by atoms with van der Waals surface area (Å²) in [5.74, 6) is -2.15. The maximum absolute atomic E-state index is 11.9. The molecule has 0 aromatic carbocycles. The van der Waals surface area contributed by atoms with E-state index < -0.39 is 23.9 Å². The van der Waals surface area contributed by atoms with E-state index in [0.717, 1.165) is 0 Å². The van der Waals surface area contributed by atoms with Crippen molar-refractivity contribution in [1.82, 2.24) is 5.32 Å². The molecule has 8 heteroatoms. The number of carbonyl (C=O) groups excluding carboxylic acids is 2. The molecule has 2 N–H and O–H groups in total. The van der Waals surface area contributed by atoms with Crippen LogP contribution in [0.25, 0.3) is 0 Å². The minimum atomic E-state index is -1.18. The van der Waals surface area contributed by atoms with Gasteiger partial charge in [-0.1, -0.05) is 0 Å². The highest BCUT2D eigenvalue weighted by Crippen LogP contribution is 2.22. The van der Waals surface area contributed by atoms with E-state index in [4.69, 9.17) is 9.84 Å². The van der Waals surface area contributed by atoms with Crippen molar-refractivity contribution in [3.05, 3.63) is 20.8 Å². The fourth-order valence-corrected chi connectivity index (χ4v) is 2.89. The Morgan fingerprint density at radius 1 is 1.50 bits per heavy atom. The predicted molar refractivity (Wildman–Crippen MR) is 76.8 cm³/mol. The topological polar surface area (TPSA) is 92.7 Å². The quantitative estimate of drug-likeness (QED) is 0.723. The van der Waals surface area contributed by atoms with Gasteiger partial charge in [0.15, 0.2) is 0 Å². The molecule has 0 radical (unpaired) electrons. The SMILES string of the molecule is CCOC(=O)CC[C@H](NC(=O)c1sccc1Br)C(=O)O. The predicted octanol–water partition coefficient (Wildman–Crippen LogP) is 2.04. The molecule has 1 amide bonds. The average Bonchev–Trinajstić information content (AvgIpc) is 2.80. The molecule has 1 aromatic heterocycles. The monoisotopic (exact) mass is 363 g/mol. The van der Waals surface area contributed by atoms with E-state index in [0.29, 0.717) is 9.35 Å². The molecule has 0 aliphatic carbocycles. The number of hydrogen-bond acceptors (Lipinski definition) is 5. The Morgan fingerprint density at radius 2 is 2.20 bits per heavy atom. The van der Waals surface area contributed by atoms with Crippen LogP contribution in [0.3, 0.4) is 0 Å². The van der Waals surface area contributed by atoms with Crippen molar-refractivity contribution in [2.45, 2.75) is 25.8 Å². The zero-order valence-corrected chi connectivity index (χ0v) is 13.1. The number of thiophene rings is 1. The van der Waals surface area contributed by atoms with Gasteiger partial charge in [-0.25, -0.2) is 4.79 Å². The highest BCUT2D eigenvalue weighted by atomic mass is 79.9. The third kappa shape index (κ3) is 4.93. The molecule has 6 nitrogen and oxygen atoms in total. The lowest BCUT2D eigenvalue weighted by molar-refractivity contribution is -0.144. The number of hydrogen-bond donors (Lipinski definition) is 2. The normalized spacial score (nSPS) is 11.7. The maximum Gasteiger partial charge on any atom is 0.326 e. The second-order valence-electron chi connectivity index (χ2n) is 3.81. The molecule has 1 heterocycles. The highest BCUT2D eigenvalue weighted by Gasteiger charge is 2.23. The largest absolute Gasteiger partial charge is 0.480 e. The van der Waals surface area contributed by atoms with E-state index in [9.17, 15) is 14.4 Å². The molecule has 0 fully saturated rings. The van der Waals surface area contributed by atoms with E-state index in [2.05, 4.69) is 21.2 Å². The number of nitrogens with one attached hydrogen (secondary N) is 1. The Kier molecular flexibility index (Phi) is 6.66. The number of aliphatic carboxylic acids is 1. The van der Waals surface area contributed by atoms with Crippen LogP contribution in [-0.4, -0.2) is 35.6 Å². The first-order chi connectivity index (χ1) is 9.45. The number of halogens is 1. The molecule has 1 aromatic rings. The first-order valence-electron chi connectivity index (χ1n) is 5.88. The fourth-order valence-electron chi connectivity index (χ4n) is 1.43. The third-order valence-corrected chi connectivity index (χ3v) is 4.21. The first-order valence-corrected chi connectivity index (χ1v) is 7.55. The van der Waals surface area contributed by atoms with E-state index in [1.54, 1.807) is 18.4 Å². The number of amides is 1. The Labute approximate surface area is 128 Å². The summed E-state index contributed by atoms with van der Waals surface area (Å²) in [6.07, 6.45) is -0.0698. The molecule has 0 aliphatic rings. The molecule has 0 spiro atoms. The van der Waals surface area contributed by atoms with Gasteiger partial charge in [0, 0.05) is 10.9 Å². The second-order valence-corrected chi connectivity index (χ2v) is 5.58. The number of carboxylic acid groups (broad SMARTS) is 1. The summed E-state index contributed by atoms with van der Waals surface area (Å²) in [7, 11) is 0. The smallest absolute Gasteiger partial charge is 0.326 e. The molecular weight excluding hydrogens is 350 g/mol.